The molecule has 0 aromatic heterocycles. The minimum atomic E-state index is -4.11. The lowest BCUT2D eigenvalue weighted by Gasteiger charge is -2.23. The van der Waals surface area contributed by atoms with Gasteiger partial charge in [0.25, 0.3) is 0 Å². The van der Waals surface area contributed by atoms with Gasteiger partial charge in [-0.1, -0.05) is 0 Å². The molecule has 1 saturated heterocycles. The van der Waals surface area contributed by atoms with Crippen molar-refractivity contribution in [2.75, 3.05) is 18.6 Å². The monoisotopic (exact) mass is 364 g/mol. The SMILES string of the molecule is COc1ccc(S(=O)(=O)NC2(C)CCS(=O)(=O)C2)cc1[N+](=O)[O-]. The van der Waals surface area contributed by atoms with Crippen LogP contribution < -0.4 is 9.46 Å². The van der Waals surface area contributed by atoms with Crippen LogP contribution in [-0.2, 0) is 19.9 Å². The molecule has 23 heavy (non-hydrogen) atoms. The molecule has 0 bridgehead atoms. The normalized spacial score (nSPS) is 23.6. The van der Waals surface area contributed by atoms with Gasteiger partial charge in [-0.05, 0) is 25.5 Å². The van der Waals surface area contributed by atoms with Crippen LogP contribution >= 0.6 is 0 Å². The Morgan fingerprint density at radius 1 is 1.39 bits per heavy atom. The van der Waals surface area contributed by atoms with Crippen LogP contribution in [0.25, 0.3) is 0 Å². The number of sulfonamides is 1. The molecule has 1 heterocycles. The molecule has 0 spiro atoms. The topological polar surface area (TPSA) is 133 Å². The van der Waals surface area contributed by atoms with Gasteiger partial charge in [0.05, 0.1) is 28.4 Å². The van der Waals surface area contributed by atoms with Crippen molar-refractivity contribution in [1.29, 1.82) is 0 Å². The summed E-state index contributed by atoms with van der Waals surface area (Å²) >= 11 is 0. The van der Waals surface area contributed by atoms with Crippen molar-refractivity contribution in [3.8, 4) is 5.75 Å². The summed E-state index contributed by atoms with van der Waals surface area (Å²) in [5.74, 6) is -0.477. The molecule has 1 aliphatic rings. The lowest BCUT2D eigenvalue weighted by atomic mass is 10.0. The number of hydrogen-bond donors (Lipinski definition) is 1. The van der Waals surface area contributed by atoms with E-state index in [0.717, 1.165) is 6.07 Å². The molecule has 9 nitrogen and oxygen atoms in total. The van der Waals surface area contributed by atoms with Gasteiger partial charge in [-0.15, -0.1) is 0 Å². The molecule has 0 amide bonds. The van der Waals surface area contributed by atoms with Crippen molar-refractivity contribution in [2.45, 2.75) is 23.8 Å². The standard InChI is InChI=1S/C12H16N2O7S2/c1-12(5-6-22(17,18)8-12)13-23(19,20)9-3-4-11(21-2)10(7-9)14(15)16/h3-4,7,13H,5-6,8H2,1-2H3. The number of sulfone groups is 1. The highest BCUT2D eigenvalue weighted by Crippen LogP contribution is 2.31. The van der Waals surface area contributed by atoms with Gasteiger partial charge in [0, 0.05) is 11.6 Å². The van der Waals surface area contributed by atoms with Crippen molar-refractivity contribution in [1.82, 2.24) is 4.72 Å². The first-order valence-electron chi connectivity index (χ1n) is 6.55. The van der Waals surface area contributed by atoms with E-state index in [9.17, 15) is 26.9 Å². The van der Waals surface area contributed by atoms with E-state index in [1.807, 2.05) is 0 Å². The van der Waals surface area contributed by atoms with Crippen molar-refractivity contribution >= 4 is 25.5 Å². The zero-order valence-corrected chi connectivity index (χ0v) is 14.1. The quantitative estimate of drug-likeness (QED) is 0.592. The van der Waals surface area contributed by atoms with E-state index in [1.165, 1.54) is 26.2 Å². The van der Waals surface area contributed by atoms with E-state index in [0.29, 0.717) is 0 Å². The molecule has 1 aromatic carbocycles. The second-order valence-corrected chi connectivity index (χ2v) is 9.47. The van der Waals surface area contributed by atoms with Gasteiger partial charge >= 0.3 is 5.69 Å². The van der Waals surface area contributed by atoms with E-state index in [-0.39, 0.29) is 28.6 Å². The van der Waals surface area contributed by atoms with Crippen LogP contribution in [0.15, 0.2) is 23.1 Å². The van der Waals surface area contributed by atoms with E-state index in [4.69, 9.17) is 4.74 Å². The third-order valence-corrected chi connectivity index (χ3v) is 7.08. The first-order valence-corrected chi connectivity index (χ1v) is 9.85. The Morgan fingerprint density at radius 3 is 2.52 bits per heavy atom. The Bertz CT molecular complexity index is 848. The number of benzene rings is 1. The molecular formula is C12H16N2O7S2. The number of nitrogens with one attached hydrogen (secondary N) is 1. The van der Waals surface area contributed by atoms with Crippen LogP contribution in [0.1, 0.15) is 13.3 Å². The minimum Gasteiger partial charge on any atom is -0.490 e. The Morgan fingerprint density at radius 2 is 2.04 bits per heavy atom. The smallest absolute Gasteiger partial charge is 0.312 e. The molecule has 0 radical (unpaired) electrons. The summed E-state index contributed by atoms with van der Waals surface area (Å²) in [6, 6.07) is 3.23. The predicted octanol–water partition coefficient (Wildman–Crippen LogP) is 0.459. The highest BCUT2D eigenvalue weighted by atomic mass is 32.2. The van der Waals surface area contributed by atoms with Gasteiger partial charge in [0.15, 0.2) is 15.6 Å². The summed E-state index contributed by atoms with van der Waals surface area (Å²) in [4.78, 5) is 9.91. The molecule has 1 fully saturated rings. The number of nitro benzene ring substituents is 1. The van der Waals surface area contributed by atoms with Crippen molar-refractivity contribution < 1.29 is 26.5 Å². The maximum atomic E-state index is 12.4. The van der Waals surface area contributed by atoms with Gasteiger partial charge in [-0.25, -0.2) is 21.6 Å². The summed E-state index contributed by atoms with van der Waals surface area (Å²) < 4.78 is 55.1. The Hall–Kier alpha value is -1.72. The third kappa shape index (κ3) is 3.79. The number of nitro groups is 1. The molecule has 1 aromatic rings. The largest absolute Gasteiger partial charge is 0.490 e. The Kier molecular flexibility index (Phi) is 4.39. The molecule has 1 unspecified atom stereocenters. The summed E-state index contributed by atoms with van der Waals surface area (Å²) in [6.45, 7) is 1.49. The van der Waals surface area contributed by atoms with Gasteiger partial charge in [0.2, 0.25) is 10.0 Å². The molecule has 128 valence electrons. The molecular weight excluding hydrogens is 348 g/mol. The number of ether oxygens (including phenoxy) is 1. The zero-order valence-electron chi connectivity index (χ0n) is 12.5. The van der Waals surface area contributed by atoms with Gasteiger partial charge in [-0.2, -0.15) is 0 Å². The van der Waals surface area contributed by atoms with Gasteiger partial charge in [0.1, 0.15) is 0 Å². The maximum absolute atomic E-state index is 12.4. The number of rotatable bonds is 5. The summed E-state index contributed by atoms with van der Waals surface area (Å²) in [5.41, 5.74) is -1.62. The Labute approximate surface area is 133 Å². The van der Waals surface area contributed by atoms with Crippen LogP contribution in [0.5, 0.6) is 5.75 Å². The fourth-order valence-corrected chi connectivity index (χ4v) is 6.09. The van der Waals surface area contributed by atoms with Crippen LogP contribution in [-0.4, -0.2) is 45.9 Å². The molecule has 1 atom stereocenters. The second kappa shape index (κ2) is 5.73. The fraction of sp³-hybridized carbons (Fsp3) is 0.500. The lowest BCUT2D eigenvalue weighted by Crippen LogP contribution is -2.46. The summed E-state index contributed by atoms with van der Waals surface area (Å²) in [6.07, 6.45) is 0.146. The number of methoxy groups -OCH3 is 1. The van der Waals surface area contributed by atoms with Crippen LogP contribution in [0, 0.1) is 10.1 Å². The van der Waals surface area contributed by atoms with Crippen LogP contribution in [0.4, 0.5) is 5.69 Å². The molecule has 0 aliphatic carbocycles. The first kappa shape index (κ1) is 17.6. The maximum Gasteiger partial charge on any atom is 0.312 e. The number of nitrogens with zero attached hydrogens (tertiary/aromatic N) is 1. The second-order valence-electron chi connectivity index (χ2n) is 5.60. The van der Waals surface area contributed by atoms with E-state index in [2.05, 4.69) is 4.72 Å². The number of hydrogen-bond acceptors (Lipinski definition) is 7. The fourth-order valence-electron chi connectivity index (χ4n) is 2.45. The van der Waals surface area contributed by atoms with E-state index < -0.39 is 36.0 Å². The van der Waals surface area contributed by atoms with Crippen molar-refractivity contribution in [3.63, 3.8) is 0 Å². The molecule has 1 N–H and O–H groups in total. The lowest BCUT2D eigenvalue weighted by molar-refractivity contribution is -0.386. The average Bonchev–Trinajstić information content (AvgIpc) is 2.70. The van der Waals surface area contributed by atoms with Crippen molar-refractivity contribution in [2.24, 2.45) is 0 Å². The third-order valence-electron chi connectivity index (χ3n) is 3.54. The van der Waals surface area contributed by atoms with E-state index >= 15 is 0 Å². The molecule has 2 rings (SSSR count). The first-order chi connectivity index (χ1) is 10.5. The summed E-state index contributed by atoms with van der Waals surface area (Å²) in [5, 5.41) is 11.0. The molecule has 0 saturated carbocycles. The minimum absolute atomic E-state index is 0.0661. The predicted molar refractivity (Wildman–Crippen MR) is 81.6 cm³/mol. The molecule has 11 heteroatoms. The van der Waals surface area contributed by atoms with Gasteiger partial charge in [-0.3, -0.25) is 10.1 Å². The summed E-state index contributed by atoms with van der Waals surface area (Å²) in [7, 11) is -6.17. The van der Waals surface area contributed by atoms with Gasteiger partial charge < -0.3 is 4.74 Å². The van der Waals surface area contributed by atoms with E-state index in [1.54, 1.807) is 0 Å². The van der Waals surface area contributed by atoms with Crippen molar-refractivity contribution in [3.05, 3.63) is 28.3 Å². The highest BCUT2D eigenvalue weighted by molar-refractivity contribution is 7.92. The highest BCUT2D eigenvalue weighted by Gasteiger charge is 2.41. The molecule has 1 aliphatic heterocycles. The average molecular weight is 364 g/mol. The zero-order chi connectivity index (χ0) is 17.5. The van der Waals surface area contributed by atoms with Crippen LogP contribution in [0.2, 0.25) is 0 Å². The Balaban J connectivity index is 2.37. The van der Waals surface area contributed by atoms with Crippen LogP contribution in [0.3, 0.4) is 0 Å².